The molecule has 6 heteroatoms. The fraction of sp³-hybridized carbons (Fsp3) is 0.385. The molecule has 0 amide bonds. The average Bonchev–Trinajstić information content (AvgIpc) is 2.76. The lowest BCUT2D eigenvalue weighted by molar-refractivity contribution is -0.0382. The number of aromatic carboxylic acids is 1. The van der Waals surface area contributed by atoms with Gasteiger partial charge >= 0.3 is 5.97 Å². The van der Waals surface area contributed by atoms with E-state index in [-0.39, 0.29) is 12.0 Å². The van der Waals surface area contributed by atoms with Crippen molar-refractivity contribution in [3.8, 4) is 5.75 Å². The van der Waals surface area contributed by atoms with E-state index in [9.17, 15) is 9.90 Å². The lowest BCUT2D eigenvalue weighted by Crippen LogP contribution is -2.13. The molecule has 1 unspecified atom stereocenters. The van der Waals surface area contributed by atoms with Crippen molar-refractivity contribution in [1.82, 2.24) is 9.38 Å². The maximum Gasteiger partial charge on any atom is 0.354 e. The Hall–Kier alpha value is -2.08. The molecular formula is C13H16N2O4. The van der Waals surface area contributed by atoms with E-state index in [1.807, 2.05) is 6.92 Å². The number of carbonyl (C=O) groups is 1. The quantitative estimate of drug-likeness (QED) is 0.836. The summed E-state index contributed by atoms with van der Waals surface area (Å²) >= 11 is 0. The molecule has 2 rings (SSSR count). The van der Waals surface area contributed by atoms with E-state index in [0.717, 1.165) is 0 Å². The number of imidazole rings is 1. The third kappa shape index (κ3) is 2.53. The van der Waals surface area contributed by atoms with Crippen molar-refractivity contribution in [3.05, 3.63) is 29.7 Å². The molecule has 2 aromatic rings. The molecule has 19 heavy (non-hydrogen) atoms. The molecule has 0 spiro atoms. The van der Waals surface area contributed by atoms with Gasteiger partial charge in [0, 0.05) is 19.4 Å². The number of carboxylic acid groups (broad SMARTS) is 1. The van der Waals surface area contributed by atoms with Crippen LogP contribution in [-0.4, -0.2) is 33.9 Å². The van der Waals surface area contributed by atoms with Gasteiger partial charge in [-0.05, 0) is 19.4 Å². The molecule has 0 aromatic carbocycles. The number of carboxylic acids is 1. The molecule has 0 radical (unpaired) electrons. The number of aryl methyl sites for hydroxylation is 1. The smallest absolute Gasteiger partial charge is 0.354 e. The third-order valence-electron chi connectivity index (χ3n) is 2.84. The molecule has 0 saturated heterocycles. The minimum atomic E-state index is -0.983. The summed E-state index contributed by atoms with van der Waals surface area (Å²) in [5.74, 6) is -0.394. The molecule has 0 aliphatic rings. The molecule has 1 atom stereocenters. The average molecular weight is 264 g/mol. The first kappa shape index (κ1) is 13.4. The van der Waals surface area contributed by atoms with E-state index in [2.05, 4.69) is 4.98 Å². The number of nitrogens with zero attached hydrogens (tertiary/aromatic N) is 2. The lowest BCUT2D eigenvalue weighted by atomic mass is 10.2. The summed E-state index contributed by atoms with van der Waals surface area (Å²) in [5, 5.41) is 9.22. The minimum absolute atomic E-state index is 0.198. The van der Waals surface area contributed by atoms with Crippen molar-refractivity contribution >= 4 is 11.6 Å². The summed E-state index contributed by atoms with van der Waals surface area (Å²) in [6, 6.07) is 3.39. The van der Waals surface area contributed by atoms with Gasteiger partial charge in [0.2, 0.25) is 0 Å². The largest absolute Gasteiger partial charge is 0.477 e. The van der Waals surface area contributed by atoms with Gasteiger partial charge in [-0.15, -0.1) is 0 Å². The number of methoxy groups -OCH3 is 1. The topological polar surface area (TPSA) is 73.1 Å². The van der Waals surface area contributed by atoms with Crippen LogP contribution in [0.3, 0.4) is 0 Å². The molecule has 102 valence electrons. The highest BCUT2D eigenvalue weighted by Gasteiger charge is 2.17. The van der Waals surface area contributed by atoms with Crippen LogP contribution in [0.2, 0.25) is 0 Å². The zero-order chi connectivity index (χ0) is 14.0. The molecule has 2 heterocycles. The van der Waals surface area contributed by atoms with Gasteiger partial charge in [-0.1, -0.05) is 6.92 Å². The Bertz CT molecular complexity index is 606. The van der Waals surface area contributed by atoms with Gasteiger partial charge in [-0.3, -0.25) is 4.40 Å². The zero-order valence-electron chi connectivity index (χ0n) is 11.1. The maximum atomic E-state index is 11.3. The zero-order valence-corrected chi connectivity index (χ0v) is 11.1. The Labute approximate surface area is 110 Å². The first-order valence-electron chi connectivity index (χ1n) is 6.00. The van der Waals surface area contributed by atoms with Crippen molar-refractivity contribution in [1.29, 1.82) is 0 Å². The highest BCUT2D eigenvalue weighted by molar-refractivity contribution is 5.88. The molecule has 2 aromatic heterocycles. The minimum Gasteiger partial charge on any atom is -0.477 e. The van der Waals surface area contributed by atoms with Crippen LogP contribution < -0.4 is 4.74 Å². The van der Waals surface area contributed by atoms with E-state index in [0.29, 0.717) is 23.5 Å². The van der Waals surface area contributed by atoms with Gasteiger partial charge in [-0.2, -0.15) is 0 Å². The molecule has 0 saturated carbocycles. The highest BCUT2D eigenvalue weighted by atomic mass is 16.7. The normalized spacial score (nSPS) is 12.6. The maximum absolute atomic E-state index is 11.3. The summed E-state index contributed by atoms with van der Waals surface area (Å²) in [7, 11) is 1.55. The second kappa shape index (κ2) is 5.27. The van der Waals surface area contributed by atoms with Crippen LogP contribution in [0, 0.1) is 0 Å². The lowest BCUT2D eigenvalue weighted by Gasteiger charge is -2.12. The van der Waals surface area contributed by atoms with Gasteiger partial charge in [0.05, 0.1) is 5.69 Å². The van der Waals surface area contributed by atoms with E-state index in [1.54, 1.807) is 36.8 Å². The molecular weight excluding hydrogens is 248 g/mol. The number of aromatic nitrogens is 2. The summed E-state index contributed by atoms with van der Waals surface area (Å²) in [5.41, 5.74) is 1.31. The standard InChI is InChI=1S/C13H16N2O4/c1-4-10-12(13(16)17)15-6-5-9(7-11(15)14-10)19-8(2)18-3/h5-8H,4H2,1-3H3,(H,16,17). The SMILES string of the molecule is CCc1nc2cc(OC(C)OC)ccn2c1C(=O)O. The molecule has 6 nitrogen and oxygen atoms in total. The van der Waals surface area contributed by atoms with E-state index < -0.39 is 5.97 Å². The second-order valence-corrected chi connectivity index (χ2v) is 4.08. The third-order valence-corrected chi connectivity index (χ3v) is 2.84. The van der Waals surface area contributed by atoms with Gasteiger partial charge in [0.15, 0.2) is 12.0 Å². The monoisotopic (exact) mass is 264 g/mol. The molecule has 0 bridgehead atoms. The number of rotatable bonds is 5. The molecule has 1 N–H and O–H groups in total. The van der Waals surface area contributed by atoms with Crippen molar-refractivity contribution in [3.63, 3.8) is 0 Å². The van der Waals surface area contributed by atoms with Gasteiger partial charge in [-0.25, -0.2) is 9.78 Å². The number of hydrogen-bond acceptors (Lipinski definition) is 4. The van der Waals surface area contributed by atoms with Crippen LogP contribution in [0.15, 0.2) is 18.3 Å². The molecule has 0 aliphatic carbocycles. The Balaban J connectivity index is 2.47. The number of pyridine rings is 1. The fourth-order valence-corrected chi connectivity index (χ4v) is 1.86. The van der Waals surface area contributed by atoms with E-state index in [1.165, 1.54) is 0 Å². The molecule has 0 aliphatic heterocycles. The first-order valence-corrected chi connectivity index (χ1v) is 6.00. The Morgan fingerprint density at radius 2 is 2.32 bits per heavy atom. The number of hydrogen-bond donors (Lipinski definition) is 1. The van der Waals surface area contributed by atoms with Gasteiger partial charge in [0.25, 0.3) is 0 Å². The fourth-order valence-electron chi connectivity index (χ4n) is 1.86. The Morgan fingerprint density at radius 3 is 2.89 bits per heavy atom. The second-order valence-electron chi connectivity index (χ2n) is 4.08. The van der Waals surface area contributed by atoms with E-state index >= 15 is 0 Å². The molecule has 0 fully saturated rings. The predicted molar refractivity (Wildman–Crippen MR) is 68.6 cm³/mol. The van der Waals surface area contributed by atoms with Crippen molar-refractivity contribution < 1.29 is 19.4 Å². The van der Waals surface area contributed by atoms with Crippen LogP contribution in [-0.2, 0) is 11.2 Å². The van der Waals surface area contributed by atoms with Crippen LogP contribution in [0.4, 0.5) is 0 Å². The first-order chi connectivity index (χ1) is 9.06. The number of ether oxygens (including phenoxy) is 2. The predicted octanol–water partition coefficient (Wildman–Crippen LogP) is 1.97. The van der Waals surface area contributed by atoms with Crippen LogP contribution in [0.1, 0.15) is 30.0 Å². The summed E-state index contributed by atoms with van der Waals surface area (Å²) in [6.07, 6.45) is 1.83. The van der Waals surface area contributed by atoms with Crippen molar-refractivity contribution in [2.75, 3.05) is 7.11 Å². The van der Waals surface area contributed by atoms with Crippen LogP contribution in [0.25, 0.3) is 5.65 Å². The van der Waals surface area contributed by atoms with Gasteiger partial charge in [0.1, 0.15) is 11.4 Å². The number of fused-ring (bicyclic) bond motifs is 1. The Morgan fingerprint density at radius 1 is 1.58 bits per heavy atom. The van der Waals surface area contributed by atoms with Crippen molar-refractivity contribution in [2.24, 2.45) is 0 Å². The van der Waals surface area contributed by atoms with E-state index in [4.69, 9.17) is 9.47 Å². The van der Waals surface area contributed by atoms with Crippen molar-refractivity contribution in [2.45, 2.75) is 26.6 Å². The highest BCUT2D eigenvalue weighted by Crippen LogP contribution is 2.19. The summed E-state index contributed by atoms with van der Waals surface area (Å²) in [6.45, 7) is 3.65. The summed E-state index contributed by atoms with van der Waals surface area (Å²) in [4.78, 5) is 15.6. The van der Waals surface area contributed by atoms with Crippen LogP contribution in [0.5, 0.6) is 5.75 Å². The van der Waals surface area contributed by atoms with Gasteiger partial charge < -0.3 is 14.6 Å². The van der Waals surface area contributed by atoms with Crippen LogP contribution >= 0.6 is 0 Å². The Kier molecular flexibility index (Phi) is 3.71. The summed E-state index contributed by atoms with van der Waals surface area (Å²) < 4.78 is 12.0.